The van der Waals surface area contributed by atoms with Crippen LogP contribution in [-0.4, -0.2) is 48.9 Å². The van der Waals surface area contributed by atoms with E-state index < -0.39 is 12.4 Å². The minimum Gasteiger partial charge on any atom is -0.445 e. The van der Waals surface area contributed by atoms with Gasteiger partial charge in [0.15, 0.2) is 6.29 Å². The van der Waals surface area contributed by atoms with E-state index in [-0.39, 0.29) is 25.4 Å². The molecule has 1 heterocycles. The normalized spacial score (nSPS) is 20.3. The Morgan fingerprint density at radius 2 is 1.82 bits per heavy atom. The van der Waals surface area contributed by atoms with Crippen molar-refractivity contribution in [3.8, 4) is 0 Å². The van der Waals surface area contributed by atoms with Gasteiger partial charge in [-0.3, -0.25) is 5.32 Å². The van der Waals surface area contributed by atoms with E-state index in [4.69, 9.17) is 14.2 Å². The maximum Gasteiger partial charge on any atom is 0.411 e. The second-order valence-corrected chi connectivity index (χ2v) is 7.99. The molecule has 7 heteroatoms. The summed E-state index contributed by atoms with van der Waals surface area (Å²) in [6, 6.07) is 15.1. The fraction of sp³-hybridized carbons (Fsp3) is 0.346. The highest BCUT2D eigenvalue weighted by molar-refractivity contribution is 5.84. The first-order chi connectivity index (χ1) is 16.0. The number of anilines is 1. The number of likely N-dealkylation sites (N-methyl/N-ethyl adjacent to an activating group) is 1. The third kappa shape index (κ3) is 7.27. The lowest BCUT2D eigenvalue weighted by Crippen LogP contribution is -2.37. The van der Waals surface area contributed by atoms with Gasteiger partial charge in [0.1, 0.15) is 6.61 Å². The lowest BCUT2D eigenvalue weighted by atomic mass is 9.99. The fourth-order valence-electron chi connectivity index (χ4n) is 3.69. The molecule has 1 aliphatic heterocycles. The summed E-state index contributed by atoms with van der Waals surface area (Å²) >= 11 is 0. The maximum atomic E-state index is 11.7. The highest BCUT2D eigenvalue weighted by Gasteiger charge is 2.32. The third-order valence-corrected chi connectivity index (χ3v) is 5.33. The number of nitrogens with zero attached hydrogens (tertiary/aromatic N) is 1. The second-order valence-electron chi connectivity index (χ2n) is 7.99. The molecule has 2 aromatic carbocycles. The van der Waals surface area contributed by atoms with Crippen LogP contribution in [0, 0.1) is 0 Å². The van der Waals surface area contributed by atoms with Crippen molar-refractivity contribution in [1.29, 1.82) is 0 Å². The predicted octanol–water partition coefficient (Wildman–Crippen LogP) is 4.58. The van der Waals surface area contributed by atoms with E-state index in [9.17, 15) is 9.90 Å². The SMILES string of the molecule is C=CCOC(=O)Nc1ccc(C2OC(CN(C)CC=C)CC(c3ccc(CO)cc3)O2)cc1. The molecule has 3 rings (SSSR count). The first kappa shape index (κ1) is 24.7. The van der Waals surface area contributed by atoms with Gasteiger partial charge in [-0.05, 0) is 30.3 Å². The average molecular weight is 453 g/mol. The van der Waals surface area contributed by atoms with Crippen LogP contribution in [0.1, 0.15) is 35.5 Å². The smallest absolute Gasteiger partial charge is 0.411 e. The van der Waals surface area contributed by atoms with E-state index >= 15 is 0 Å². The molecule has 1 saturated heterocycles. The van der Waals surface area contributed by atoms with Crippen LogP contribution < -0.4 is 5.32 Å². The molecular formula is C26H32N2O5. The number of carbonyl (C=O) groups is 1. The fourth-order valence-corrected chi connectivity index (χ4v) is 3.69. The molecule has 2 aromatic rings. The van der Waals surface area contributed by atoms with Crippen molar-refractivity contribution in [3.63, 3.8) is 0 Å². The van der Waals surface area contributed by atoms with Gasteiger partial charge in [0.2, 0.25) is 0 Å². The Bertz CT molecular complexity index is 913. The molecule has 0 aromatic heterocycles. The van der Waals surface area contributed by atoms with E-state index in [0.717, 1.165) is 29.8 Å². The Morgan fingerprint density at radius 3 is 2.45 bits per heavy atom. The first-order valence-corrected chi connectivity index (χ1v) is 11.0. The number of amides is 1. The van der Waals surface area contributed by atoms with Crippen molar-refractivity contribution in [1.82, 2.24) is 4.90 Å². The van der Waals surface area contributed by atoms with Gasteiger partial charge in [-0.15, -0.1) is 6.58 Å². The van der Waals surface area contributed by atoms with E-state index in [1.807, 2.05) is 49.5 Å². The Morgan fingerprint density at radius 1 is 1.12 bits per heavy atom. The molecule has 3 unspecified atom stereocenters. The van der Waals surface area contributed by atoms with Crippen LogP contribution in [0.4, 0.5) is 10.5 Å². The van der Waals surface area contributed by atoms with Crippen LogP contribution in [-0.2, 0) is 20.8 Å². The number of carbonyl (C=O) groups excluding carboxylic acids is 1. The topological polar surface area (TPSA) is 80.3 Å². The molecule has 7 nitrogen and oxygen atoms in total. The van der Waals surface area contributed by atoms with E-state index in [0.29, 0.717) is 12.1 Å². The third-order valence-electron chi connectivity index (χ3n) is 5.33. The standard InChI is InChI=1S/C26H32N2O5/c1-4-14-28(3)17-23-16-24(20-8-6-19(18-29)7-9-20)33-25(32-23)21-10-12-22(13-11-21)27-26(30)31-15-5-2/h4-13,23-25,29H,1-2,14-18H2,3H3,(H,27,30). The molecule has 176 valence electrons. The van der Waals surface area contributed by atoms with Gasteiger partial charge < -0.3 is 24.2 Å². The summed E-state index contributed by atoms with van der Waals surface area (Å²) in [6.07, 6.45) is 2.82. The summed E-state index contributed by atoms with van der Waals surface area (Å²) < 4.78 is 17.6. The second kappa shape index (κ2) is 12.3. The number of ether oxygens (including phenoxy) is 3. The average Bonchev–Trinajstić information content (AvgIpc) is 2.83. The summed E-state index contributed by atoms with van der Waals surface area (Å²) in [4.78, 5) is 13.9. The molecule has 2 N–H and O–H groups in total. The quantitative estimate of drug-likeness (QED) is 0.514. The van der Waals surface area contributed by atoms with Crippen molar-refractivity contribution in [2.45, 2.75) is 31.5 Å². The van der Waals surface area contributed by atoms with Gasteiger partial charge in [-0.2, -0.15) is 0 Å². The van der Waals surface area contributed by atoms with Gasteiger partial charge in [-0.25, -0.2) is 4.79 Å². The van der Waals surface area contributed by atoms with Crippen LogP contribution in [0.25, 0.3) is 0 Å². The Hall–Kier alpha value is -2.97. The number of benzene rings is 2. The minimum atomic E-state index is -0.551. The lowest BCUT2D eigenvalue weighted by molar-refractivity contribution is -0.252. The van der Waals surface area contributed by atoms with Crippen LogP contribution in [0.5, 0.6) is 0 Å². The number of rotatable bonds is 10. The molecular weight excluding hydrogens is 420 g/mol. The number of hydrogen-bond donors (Lipinski definition) is 2. The Balaban J connectivity index is 1.74. The summed E-state index contributed by atoms with van der Waals surface area (Å²) in [5.41, 5.74) is 3.37. The zero-order valence-corrected chi connectivity index (χ0v) is 19.0. The van der Waals surface area contributed by atoms with Gasteiger partial charge >= 0.3 is 6.09 Å². The largest absolute Gasteiger partial charge is 0.445 e. The van der Waals surface area contributed by atoms with Gasteiger partial charge in [0, 0.05) is 30.8 Å². The number of nitrogens with one attached hydrogen (secondary N) is 1. The molecule has 0 radical (unpaired) electrons. The molecule has 0 bridgehead atoms. The molecule has 0 saturated carbocycles. The van der Waals surface area contributed by atoms with Crippen molar-refractivity contribution in [2.75, 3.05) is 32.1 Å². The molecule has 1 aliphatic rings. The molecule has 0 spiro atoms. The number of aliphatic hydroxyl groups is 1. The van der Waals surface area contributed by atoms with E-state index in [2.05, 4.69) is 23.4 Å². The summed E-state index contributed by atoms with van der Waals surface area (Å²) in [5, 5.41) is 12.0. The van der Waals surface area contributed by atoms with Gasteiger partial charge in [-0.1, -0.05) is 55.1 Å². The lowest BCUT2D eigenvalue weighted by Gasteiger charge is -2.37. The molecule has 1 amide bonds. The van der Waals surface area contributed by atoms with Crippen LogP contribution in [0.3, 0.4) is 0 Å². The van der Waals surface area contributed by atoms with Crippen molar-refractivity contribution >= 4 is 11.8 Å². The van der Waals surface area contributed by atoms with Crippen LogP contribution in [0.15, 0.2) is 73.8 Å². The maximum absolute atomic E-state index is 11.7. The van der Waals surface area contributed by atoms with Gasteiger partial charge in [0.25, 0.3) is 0 Å². The predicted molar refractivity (Wildman–Crippen MR) is 128 cm³/mol. The van der Waals surface area contributed by atoms with Gasteiger partial charge in [0.05, 0.1) is 18.8 Å². The highest BCUT2D eigenvalue weighted by atomic mass is 16.7. The molecule has 3 atom stereocenters. The summed E-state index contributed by atoms with van der Waals surface area (Å²) in [7, 11) is 2.03. The first-order valence-electron chi connectivity index (χ1n) is 11.0. The zero-order chi connectivity index (χ0) is 23.6. The highest BCUT2D eigenvalue weighted by Crippen LogP contribution is 2.38. The Kier molecular flexibility index (Phi) is 9.21. The summed E-state index contributed by atoms with van der Waals surface area (Å²) in [5.74, 6) is 0. The monoisotopic (exact) mass is 452 g/mol. The number of hydrogen-bond acceptors (Lipinski definition) is 6. The Labute approximate surface area is 195 Å². The molecule has 0 aliphatic carbocycles. The van der Waals surface area contributed by atoms with Crippen LogP contribution >= 0.6 is 0 Å². The van der Waals surface area contributed by atoms with Crippen molar-refractivity contribution in [2.24, 2.45) is 0 Å². The molecule has 1 fully saturated rings. The van der Waals surface area contributed by atoms with Crippen LogP contribution in [0.2, 0.25) is 0 Å². The van der Waals surface area contributed by atoms with E-state index in [1.165, 1.54) is 6.08 Å². The minimum absolute atomic E-state index is 0.00797. The molecule has 33 heavy (non-hydrogen) atoms. The zero-order valence-electron chi connectivity index (χ0n) is 19.0. The van der Waals surface area contributed by atoms with Crippen molar-refractivity contribution in [3.05, 3.63) is 90.5 Å². The number of aliphatic hydroxyl groups excluding tert-OH is 1. The van der Waals surface area contributed by atoms with E-state index in [1.54, 1.807) is 12.1 Å². The summed E-state index contributed by atoms with van der Waals surface area (Å²) in [6.45, 7) is 9.00. The van der Waals surface area contributed by atoms with Crippen molar-refractivity contribution < 1.29 is 24.1 Å².